The number of aromatic amines is 1. The van der Waals surface area contributed by atoms with E-state index < -0.39 is 0 Å². The Morgan fingerprint density at radius 2 is 2.37 bits per heavy atom. The lowest BCUT2D eigenvalue weighted by Crippen LogP contribution is -2.10. The molecule has 2 rings (SSSR count). The fraction of sp³-hybridized carbons (Fsp3) is 0.455. The van der Waals surface area contributed by atoms with Gasteiger partial charge >= 0.3 is 0 Å². The molecule has 2 aromatic rings. The minimum atomic E-state index is -0.105. The average Bonchev–Trinajstić information content (AvgIpc) is 2.83. The number of thioether (sulfide) groups is 1. The molecule has 0 fully saturated rings. The first-order valence-electron chi connectivity index (χ1n) is 5.95. The van der Waals surface area contributed by atoms with Crippen molar-refractivity contribution in [2.75, 3.05) is 12.4 Å². The van der Waals surface area contributed by atoms with Gasteiger partial charge in [0, 0.05) is 36.1 Å². The van der Waals surface area contributed by atoms with Gasteiger partial charge in [-0.2, -0.15) is 0 Å². The van der Waals surface area contributed by atoms with E-state index in [2.05, 4.69) is 31.8 Å². The normalized spacial score (nSPS) is 10.6. The van der Waals surface area contributed by atoms with Gasteiger partial charge in [-0.15, -0.1) is 5.10 Å². The minimum absolute atomic E-state index is 0.105. The minimum Gasteiger partial charge on any atom is -0.377 e. The van der Waals surface area contributed by atoms with Crippen molar-refractivity contribution in [2.45, 2.75) is 30.7 Å². The highest BCUT2D eigenvalue weighted by Crippen LogP contribution is 2.24. The summed E-state index contributed by atoms with van der Waals surface area (Å²) in [6.45, 7) is 2.07. The van der Waals surface area contributed by atoms with Crippen LogP contribution in [-0.4, -0.2) is 26.6 Å². The fourth-order valence-corrected chi connectivity index (χ4v) is 3.02. The van der Waals surface area contributed by atoms with E-state index in [4.69, 9.17) is 0 Å². The second kappa shape index (κ2) is 6.67. The summed E-state index contributed by atoms with van der Waals surface area (Å²) >= 11 is 2.78. The first-order valence-corrected chi connectivity index (χ1v) is 7.71. The first-order chi connectivity index (χ1) is 9.22. The Labute approximate surface area is 119 Å². The topological polar surface area (TPSA) is 83.6 Å². The third-order valence-corrected chi connectivity index (χ3v) is 4.08. The smallest absolute Gasteiger partial charge is 0.251 e. The molecule has 0 bridgehead atoms. The summed E-state index contributed by atoms with van der Waals surface area (Å²) in [5, 5.41) is 8.67. The SMILES string of the molecule is CCCc1cc(=O)[nH]c(SCc2nnsc2NC)n1. The Morgan fingerprint density at radius 3 is 3.11 bits per heavy atom. The summed E-state index contributed by atoms with van der Waals surface area (Å²) in [4.78, 5) is 18.7. The van der Waals surface area contributed by atoms with E-state index >= 15 is 0 Å². The predicted octanol–water partition coefficient (Wildman–Crippen LogP) is 1.91. The van der Waals surface area contributed by atoms with Crippen LogP contribution in [0.25, 0.3) is 0 Å². The van der Waals surface area contributed by atoms with Gasteiger partial charge in [0.1, 0.15) is 10.7 Å². The van der Waals surface area contributed by atoms with Crippen molar-refractivity contribution in [1.29, 1.82) is 0 Å². The number of nitrogens with one attached hydrogen (secondary N) is 2. The number of nitrogens with zero attached hydrogens (tertiary/aromatic N) is 3. The van der Waals surface area contributed by atoms with Crippen molar-refractivity contribution in [3.8, 4) is 0 Å². The Bertz CT molecular complexity index is 595. The van der Waals surface area contributed by atoms with Gasteiger partial charge in [0.15, 0.2) is 5.16 Å². The highest BCUT2D eigenvalue weighted by atomic mass is 32.2. The molecule has 2 aromatic heterocycles. The number of aryl methyl sites for hydroxylation is 1. The summed E-state index contributed by atoms with van der Waals surface area (Å²) in [6.07, 6.45) is 1.79. The lowest BCUT2D eigenvalue weighted by atomic mass is 10.2. The van der Waals surface area contributed by atoms with Gasteiger partial charge in [-0.1, -0.05) is 29.6 Å². The van der Waals surface area contributed by atoms with Crippen LogP contribution >= 0.6 is 23.3 Å². The molecule has 2 heterocycles. The van der Waals surface area contributed by atoms with Gasteiger partial charge in [0.25, 0.3) is 5.56 Å². The Balaban J connectivity index is 2.09. The summed E-state index contributed by atoms with van der Waals surface area (Å²) in [5.41, 5.74) is 1.60. The molecule has 8 heteroatoms. The number of aromatic nitrogens is 4. The molecule has 0 saturated heterocycles. The van der Waals surface area contributed by atoms with Crippen LogP contribution < -0.4 is 10.9 Å². The van der Waals surface area contributed by atoms with Crippen LogP contribution in [0.5, 0.6) is 0 Å². The third kappa shape index (κ3) is 3.77. The van der Waals surface area contributed by atoms with Crippen molar-refractivity contribution >= 4 is 28.3 Å². The van der Waals surface area contributed by atoms with Gasteiger partial charge < -0.3 is 10.3 Å². The quantitative estimate of drug-likeness (QED) is 0.626. The summed E-state index contributed by atoms with van der Waals surface area (Å²) < 4.78 is 3.89. The van der Waals surface area contributed by atoms with E-state index in [1.807, 2.05) is 7.05 Å². The molecular formula is C11H15N5OS2. The molecule has 0 unspecified atom stereocenters. The van der Waals surface area contributed by atoms with Crippen molar-refractivity contribution in [3.63, 3.8) is 0 Å². The largest absolute Gasteiger partial charge is 0.377 e. The van der Waals surface area contributed by atoms with E-state index in [0.717, 1.165) is 29.2 Å². The number of hydrogen-bond acceptors (Lipinski definition) is 7. The second-order valence-corrected chi connectivity index (χ2v) is 5.60. The van der Waals surface area contributed by atoms with Crippen molar-refractivity contribution in [1.82, 2.24) is 19.6 Å². The van der Waals surface area contributed by atoms with Crippen LogP contribution in [0.4, 0.5) is 5.00 Å². The molecule has 0 amide bonds. The maximum absolute atomic E-state index is 11.5. The molecule has 0 atom stereocenters. The van der Waals surface area contributed by atoms with Crippen LogP contribution in [0, 0.1) is 0 Å². The van der Waals surface area contributed by atoms with Crippen LogP contribution in [0.15, 0.2) is 16.0 Å². The molecule has 0 aliphatic heterocycles. The van der Waals surface area contributed by atoms with Crippen LogP contribution in [0.2, 0.25) is 0 Å². The molecule has 2 N–H and O–H groups in total. The molecule has 0 aliphatic carbocycles. The van der Waals surface area contributed by atoms with Gasteiger partial charge in [-0.05, 0) is 6.42 Å². The molecule has 6 nitrogen and oxygen atoms in total. The molecule has 0 aromatic carbocycles. The molecule has 102 valence electrons. The first kappa shape index (κ1) is 14.0. The van der Waals surface area contributed by atoms with E-state index in [1.54, 1.807) is 6.07 Å². The van der Waals surface area contributed by atoms with Crippen molar-refractivity contribution < 1.29 is 0 Å². The van der Waals surface area contributed by atoms with Gasteiger partial charge in [0.2, 0.25) is 0 Å². The lowest BCUT2D eigenvalue weighted by molar-refractivity contribution is 0.815. The van der Waals surface area contributed by atoms with E-state index in [0.29, 0.717) is 10.9 Å². The zero-order valence-electron chi connectivity index (χ0n) is 10.8. The fourth-order valence-electron chi connectivity index (χ4n) is 1.57. The molecule has 0 aliphatic rings. The highest BCUT2D eigenvalue weighted by Gasteiger charge is 2.08. The van der Waals surface area contributed by atoms with Crippen LogP contribution in [0.1, 0.15) is 24.7 Å². The van der Waals surface area contributed by atoms with E-state index in [9.17, 15) is 4.79 Å². The number of anilines is 1. The van der Waals surface area contributed by atoms with Crippen molar-refractivity contribution in [3.05, 3.63) is 27.8 Å². The summed E-state index contributed by atoms with van der Waals surface area (Å²) in [5.74, 6) is 0.630. The van der Waals surface area contributed by atoms with Gasteiger partial charge in [0.05, 0.1) is 0 Å². The van der Waals surface area contributed by atoms with E-state index in [-0.39, 0.29) is 5.56 Å². The zero-order chi connectivity index (χ0) is 13.7. The second-order valence-electron chi connectivity index (χ2n) is 3.88. The molecular weight excluding hydrogens is 282 g/mol. The zero-order valence-corrected chi connectivity index (χ0v) is 12.4. The third-order valence-electron chi connectivity index (χ3n) is 2.41. The van der Waals surface area contributed by atoms with Gasteiger partial charge in [-0.3, -0.25) is 4.79 Å². The average molecular weight is 297 g/mol. The van der Waals surface area contributed by atoms with E-state index in [1.165, 1.54) is 23.3 Å². The summed E-state index contributed by atoms with van der Waals surface area (Å²) in [7, 11) is 1.84. The number of rotatable bonds is 6. The Hall–Kier alpha value is -1.41. The maximum Gasteiger partial charge on any atom is 0.251 e. The number of H-pyrrole nitrogens is 1. The Morgan fingerprint density at radius 1 is 1.53 bits per heavy atom. The highest BCUT2D eigenvalue weighted by molar-refractivity contribution is 7.98. The molecule has 0 radical (unpaired) electrons. The van der Waals surface area contributed by atoms with Gasteiger partial charge in [-0.25, -0.2) is 4.98 Å². The standard InChI is InChI=1S/C11H15N5OS2/c1-3-4-7-5-9(17)14-11(13-7)18-6-8-10(12-2)19-16-15-8/h5,12H,3-4,6H2,1-2H3,(H,13,14,17). The number of hydrogen-bond donors (Lipinski definition) is 2. The predicted molar refractivity (Wildman–Crippen MR) is 77.9 cm³/mol. The maximum atomic E-state index is 11.5. The molecule has 0 saturated carbocycles. The summed E-state index contributed by atoms with van der Waals surface area (Å²) in [6, 6.07) is 1.55. The van der Waals surface area contributed by atoms with Crippen LogP contribution in [0.3, 0.4) is 0 Å². The van der Waals surface area contributed by atoms with Crippen LogP contribution in [-0.2, 0) is 12.2 Å². The monoisotopic (exact) mass is 297 g/mol. The lowest BCUT2D eigenvalue weighted by Gasteiger charge is -2.03. The van der Waals surface area contributed by atoms with Crippen molar-refractivity contribution in [2.24, 2.45) is 0 Å². The Kier molecular flexibility index (Phi) is 4.92. The molecule has 19 heavy (non-hydrogen) atoms. The molecule has 0 spiro atoms.